The molecular weight excluding hydrogens is 278 g/mol. The fourth-order valence-corrected chi connectivity index (χ4v) is 1.55. The van der Waals surface area contributed by atoms with Crippen molar-refractivity contribution in [1.82, 2.24) is 16.0 Å². The van der Waals surface area contributed by atoms with Gasteiger partial charge in [0.05, 0.1) is 13.0 Å². The van der Waals surface area contributed by atoms with Crippen molar-refractivity contribution < 1.29 is 9.59 Å². The molecule has 0 radical (unpaired) electrons. The average molecular weight is 300 g/mol. The van der Waals surface area contributed by atoms with E-state index in [1.54, 1.807) is 0 Å². The van der Waals surface area contributed by atoms with Crippen LogP contribution >= 0.6 is 12.4 Å². The third-order valence-corrected chi connectivity index (χ3v) is 2.53. The summed E-state index contributed by atoms with van der Waals surface area (Å²) in [4.78, 5) is 23.0. The predicted molar refractivity (Wildman–Crippen MR) is 82.0 cm³/mol. The van der Waals surface area contributed by atoms with Crippen LogP contribution in [0.4, 0.5) is 0 Å². The van der Waals surface area contributed by atoms with Crippen LogP contribution in [0.1, 0.15) is 12.5 Å². The molecule has 0 fully saturated rings. The van der Waals surface area contributed by atoms with E-state index in [9.17, 15) is 9.59 Å². The molecule has 20 heavy (non-hydrogen) atoms. The lowest BCUT2D eigenvalue weighted by Crippen LogP contribution is -2.40. The Morgan fingerprint density at radius 2 is 1.70 bits per heavy atom. The minimum absolute atomic E-state index is 0. The largest absolute Gasteiger partial charge is 0.353 e. The molecule has 0 unspecified atom stereocenters. The van der Waals surface area contributed by atoms with Gasteiger partial charge in [-0.3, -0.25) is 9.59 Å². The summed E-state index contributed by atoms with van der Waals surface area (Å²) in [6.45, 7) is 4.22. The van der Waals surface area contributed by atoms with Crippen LogP contribution in [-0.4, -0.2) is 38.0 Å². The molecule has 2 amide bonds. The summed E-state index contributed by atoms with van der Waals surface area (Å²) >= 11 is 0. The van der Waals surface area contributed by atoms with E-state index < -0.39 is 0 Å². The van der Waals surface area contributed by atoms with Gasteiger partial charge >= 0.3 is 0 Å². The third-order valence-electron chi connectivity index (χ3n) is 2.53. The van der Waals surface area contributed by atoms with E-state index in [4.69, 9.17) is 0 Å². The van der Waals surface area contributed by atoms with Crippen LogP contribution in [0.15, 0.2) is 30.3 Å². The van der Waals surface area contributed by atoms with E-state index in [0.29, 0.717) is 13.0 Å². The van der Waals surface area contributed by atoms with Crippen LogP contribution in [-0.2, 0) is 16.0 Å². The highest BCUT2D eigenvalue weighted by Crippen LogP contribution is 1.98. The molecule has 1 aromatic rings. The van der Waals surface area contributed by atoms with Crippen LogP contribution in [0.2, 0.25) is 0 Å². The number of benzene rings is 1. The molecule has 6 heteroatoms. The van der Waals surface area contributed by atoms with Gasteiger partial charge in [0.1, 0.15) is 0 Å². The van der Waals surface area contributed by atoms with Gasteiger partial charge in [-0.25, -0.2) is 0 Å². The quantitative estimate of drug-likeness (QED) is 0.612. The Labute approximate surface area is 125 Å². The van der Waals surface area contributed by atoms with Gasteiger partial charge in [-0.2, -0.15) is 0 Å². The van der Waals surface area contributed by atoms with Gasteiger partial charge < -0.3 is 16.0 Å². The highest BCUT2D eigenvalue weighted by molar-refractivity contribution is 5.85. The number of halogens is 1. The maximum absolute atomic E-state index is 11.6. The number of amides is 2. The lowest BCUT2D eigenvalue weighted by Gasteiger charge is -2.07. The van der Waals surface area contributed by atoms with Crippen molar-refractivity contribution in [1.29, 1.82) is 0 Å². The lowest BCUT2D eigenvalue weighted by molar-refractivity contribution is -0.125. The van der Waals surface area contributed by atoms with E-state index in [1.165, 1.54) is 0 Å². The van der Waals surface area contributed by atoms with Crippen molar-refractivity contribution in [2.75, 3.05) is 26.2 Å². The summed E-state index contributed by atoms with van der Waals surface area (Å²) in [5.41, 5.74) is 0.938. The van der Waals surface area contributed by atoms with Crippen molar-refractivity contribution >= 4 is 24.2 Å². The molecule has 0 aliphatic carbocycles. The second-order valence-electron chi connectivity index (χ2n) is 4.14. The van der Waals surface area contributed by atoms with Crippen molar-refractivity contribution in [2.45, 2.75) is 13.3 Å². The number of carbonyl (C=O) groups is 2. The Hall–Kier alpha value is -1.59. The van der Waals surface area contributed by atoms with Gasteiger partial charge in [-0.1, -0.05) is 37.3 Å². The number of nitrogens with one attached hydrogen (secondary N) is 3. The first-order chi connectivity index (χ1) is 9.22. The highest BCUT2D eigenvalue weighted by atomic mass is 35.5. The summed E-state index contributed by atoms with van der Waals surface area (Å²) in [7, 11) is 0. The fourth-order valence-electron chi connectivity index (χ4n) is 1.55. The van der Waals surface area contributed by atoms with Crippen molar-refractivity contribution in [3.63, 3.8) is 0 Å². The third kappa shape index (κ3) is 8.50. The number of carbonyl (C=O) groups excluding carboxylic acids is 2. The Morgan fingerprint density at radius 1 is 1.00 bits per heavy atom. The average Bonchev–Trinajstić information content (AvgIpc) is 2.42. The predicted octanol–water partition coefficient (Wildman–Crippen LogP) is 0.493. The summed E-state index contributed by atoms with van der Waals surface area (Å²) < 4.78 is 0. The van der Waals surface area contributed by atoms with E-state index in [2.05, 4.69) is 16.0 Å². The van der Waals surface area contributed by atoms with Gasteiger partial charge in [-0.05, 0) is 12.1 Å². The summed E-state index contributed by atoms with van der Waals surface area (Å²) in [6, 6.07) is 9.44. The number of rotatable bonds is 8. The SMILES string of the molecule is CCNCCNC(=O)CNC(=O)Cc1ccccc1.Cl. The zero-order valence-electron chi connectivity index (χ0n) is 11.6. The number of likely N-dealkylation sites (N-methyl/N-ethyl adjacent to an activating group) is 1. The van der Waals surface area contributed by atoms with Crippen LogP contribution in [0, 0.1) is 0 Å². The first-order valence-corrected chi connectivity index (χ1v) is 6.50. The van der Waals surface area contributed by atoms with E-state index in [1.807, 2.05) is 37.3 Å². The Balaban J connectivity index is 0.00000361. The van der Waals surface area contributed by atoms with Crippen LogP contribution < -0.4 is 16.0 Å². The smallest absolute Gasteiger partial charge is 0.239 e. The minimum Gasteiger partial charge on any atom is -0.353 e. The molecule has 0 spiro atoms. The van der Waals surface area contributed by atoms with Crippen molar-refractivity contribution in [2.24, 2.45) is 0 Å². The van der Waals surface area contributed by atoms with Crippen LogP contribution in [0.3, 0.4) is 0 Å². The van der Waals surface area contributed by atoms with Crippen molar-refractivity contribution in [3.8, 4) is 0 Å². The molecule has 0 atom stereocenters. The van der Waals surface area contributed by atoms with E-state index in [-0.39, 0.29) is 30.8 Å². The van der Waals surface area contributed by atoms with Gasteiger partial charge in [0, 0.05) is 13.1 Å². The maximum Gasteiger partial charge on any atom is 0.239 e. The monoisotopic (exact) mass is 299 g/mol. The molecule has 1 rings (SSSR count). The molecule has 0 aliphatic rings. The molecular formula is C14H22ClN3O2. The molecule has 0 aliphatic heterocycles. The molecule has 0 saturated carbocycles. The first kappa shape index (κ1) is 18.4. The second kappa shape index (κ2) is 11.3. The van der Waals surface area contributed by atoms with Crippen LogP contribution in [0.25, 0.3) is 0 Å². The Kier molecular flexibility index (Phi) is 10.4. The van der Waals surface area contributed by atoms with E-state index in [0.717, 1.165) is 18.7 Å². The Morgan fingerprint density at radius 3 is 2.35 bits per heavy atom. The molecule has 1 aromatic carbocycles. The molecule has 3 N–H and O–H groups in total. The maximum atomic E-state index is 11.6. The molecule has 0 aromatic heterocycles. The Bertz CT molecular complexity index is 399. The standard InChI is InChI=1S/C14H21N3O2.ClH/c1-2-15-8-9-16-14(19)11-17-13(18)10-12-6-4-3-5-7-12;/h3-7,15H,2,8-11H2,1H3,(H,16,19)(H,17,18);1H. The molecule has 0 heterocycles. The normalized spacial score (nSPS) is 9.45. The number of hydrogen-bond donors (Lipinski definition) is 3. The van der Waals surface area contributed by atoms with E-state index >= 15 is 0 Å². The first-order valence-electron chi connectivity index (χ1n) is 6.50. The molecule has 0 saturated heterocycles. The molecule has 0 bridgehead atoms. The van der Waals surface area contributed by atoms with Gasteiger partial charge in [0.25, 0.3) is 0 Å². The van der Waals surface area contributed by atoms with Gasteiger partial charge in [0.15, 0.2) is 0 Å². The lowest BCUT2D eigenvalue weighted by atomic mass is 10.1. The topological polar surface area (TPSA) is 70.2 Å². The van der Waals surface area contributed by atoms with Crippen LogP contribution in [0.5, 0.6) is 0 Å². The fraction of sp³-hybridized carbons (Fsp3) is 0.429. The summed E-state index contributed by atoms with van der Waals surface area (Å²) in [5, 5.41) is 8.42. The summed E-state index contributed by atoms with van der Waals surface area (Å²) in [5.74, 6) is -0.313. The number of hydrogen-bond acceptors (Lipinski definition) is 3. The zero-order chi connectivity index (χ0) is 13.9. The highest BCUT2D eigenvalue weighted by Gasteiger charge is 2.05. The zero-order valence-corrected chi connectivity index (χ0v) is 12.5. The van der Waals surface area contributed by atoms with Gasteiger partial charge in [-0.15, -0.1) is 12.4 Å². The molecule has 5 nitrogen and oxygen atoms in total. The summed E-state index contributed by atoms with van der Waals surface area (Å²) in [6.07, 6.45) is 0.297. The minimum atomic E-state index is -0.167. The van der Waals surface area contributed by atoms with Gasteiger partial charge in [0.2, 0.25) is 11.8 Å². The molecule has 112 valence electrons. The van der Waals surface area contributed by atoms with Crippen molar-refractivity contribution in [3.05, 3.63) is 35.9 Å². The second-order valence-corrected chi connectivity index (χ2v) is 4.14.